The van der Waals surface area contributed by atoms with E-state index in [2.05, 4.69) is 11.8 Å². The fraction of sp³-hybridized carbons (Fsp3) is 0.636. The largest absolute Gasteiger partial charge is 0.402 e. The molecule has 2 nitrogen and oxygen atoms in total. The van der Waals surface area contributed by atoms with Gasteiger partial charge in [-0.25, -0.2) is 0 Å². The number of rotatable bonds is 6. The lowest BCUT2D eigenvalue weighted by Crippen LogP contribution is -2.27. The molecule has 0 atom stereocenters. The molecule has 0 saturated heterocycles. The van der Waals surface area contributed by atoms with Gasteiger partial charge in [0.05, 0.1) is 0 Å². The molecule has 4 radical (unpaired) electrons. The van der Waals surface area contributed by atoms with Crippen LogP contribution in [0.15, 0.2) is 0 Å². The Morgan fingerprint density at radius 3 is 1.53 bits per heavy atom. The SMILES string of the molecule is C#CC(C)(C)O[Si]C[Si]OC(C)(C)C#C. The Morgan fingerprint density at radius 1 is 0.933 bits per heavy atom. The van der Waals surface area contributed by atoms with E-state index < -0.39 is 11.2 Å². The van der Waals surface area contributed by atoms with Crippen LogP contribution in [0, 0.1) is 24.7 Å². The van der Waals surface area contributed by atoms with E-state index in [-0.39, 0.29) is 0 Å². The molecule has 4 heteroatoms. The van der Waals surface area contributed by atoms with Gasteiger partial charge in [-0.15, -0.1) is 12.8 Å². The Hall–Kier alpha value is -0.526. The van der Waals surface area contributed by atoms with Gasteiger partial charge in [0.25, 0.3) is 0 Å². The van der Waals surface area contributed by atoms with Crippen molar-refractivity contribution in [2.45, 2.75) is 44.6 Å². The summed E-state index contributed by atoms with van der Waals surface area (Å²) in [5.41, 5.74) is -0.120. The highest BCUT2D eigenvalue weighted by Crippen LogP contribution is 2.08. The van der Waals surface area contributed by atoms with Crippen LogP contribution in [-0.4, -0.2) is 30.7 Å². The average Bonchev–Trinajstić information content (AvgIpc) is 2.17. The van der Waals surface area contributed by atoms with E-state index >= 15 is 0 Å². The number of hydrogen-bond acceptors (Lipinski definition) is 2. The highest BCUT2D eigenvalue weighted by atomic mass is 28.3. The van der Waals surface area contributed by atoms with Crippen LogP contribution in [0.3, 0.4) is 0 Å². The summed E-state index contributed by atoms with van der Waals surface area (Å²) in [6.07, 6.45) is 10.6. The lowest BCUT2D eigenvalue weighted by Gasteiger charge is -2.20. The molecule has 0 N–H and O–H groups in total. The van der Waals surface area contributed by atoms with E-state index in [0.717, 1.165) is 5.67 Å². The zero-order chi connectivity index (χ0) is 11.9. The van der Waals surface area contributed by atoms with E-state index in [1.807, 2.05) is 27.7 Å². The lowest BCUT2D eigenvalue weighted by molar-refractivity contribution is 0.175. The van der Waals surface area contributed by atoms with Gasteiger partial charge < -0.3 is 8.85 Å². The summed E-state index contributed by atoms with van der Waals surface area (Å²) in [7, 11) is 0.708. The summed E-state index contributed by atoms with van der Waals surface area (Å²) in [6.45, 7) is 7.48. The van der Waals surface area contributed by atoms with Gasteiger partial charge in [-0.05, 0) is 33.4 Å². The lowest BCUT2D eigenvalue weighted by atomic mass is 10.2. The van der Waals surface area contributed by atoms with Crippen LogP contribution < -0.4 is 0 Å². The molecule has 0 aliphatic heterocycles. The predicted molar refractivity (Wildman–Crippen MR) is 64.3 cm³/mol. The minimum atomic E-state index is -0.482. The third kappa shape index (κ3) is 7.41. The van der Waals surface area contributed by atoms with Crippen molar-refractivity contribution in [2.75, 3.05) is 0 Å². The number of hydrogen-bond donors (Lipinski definition) is 0. The second-order valence-corrected chi connectivity index (χ2v) is 6.38. The molecule has 0 aliphatic rings. The van der Waals surface area contributed by atoms with Gasteiger partial charge in [0.15, 0.2) is 0 Å². The smallest absolute Gasteiger partial charge is 0.230 e. The van der Waals surface area contributed by atoms with E-state index in [9.17, 15) is 0 Å². The van der Waals surface area contributed by atoms with Gasteiger partial charge in [0, 0.05) is 0 Å². The third-order valence-corrected chi connectivity index (χ3v) is 3.96. The van der Waals surface area contributed by atoms with E-state index in [0.29, 0.717) is 19.5 Å². The summed E-state index contributed by atoms with van der Waals surface area (Å²) in [5.74, 6) is 5.15. The molecule has 0 bridgehead atoms. The summed E-state index contributed by atoms with van der Waals surface area (Å²) < 4.78 is 11.0. The fourth-order valence-electron chi connectivity index (χ4n) is 0.521. The zero-order valence-corrected chi connectivity index (χ0v) is 11.7. The van der Waals surface area contributed by atoms with Crippen LogP contribution in [0.25, 0.3) is 0 Å². The van der Waals surface area contributed by atoms with Crippen LogP contribution >= 0.6 is 0 Å². The highest BCUT2D eigenvalue weighted by molar-refractivity contribution is 6.48. The quantitative estimate of drug-likeness (QED) is 0.395. The van der Waals surface area contributed by atoms with Crippen molar-refractivity contribution in [3.05, 3.63) is 0 Å². The predicted octanol–water partition coefficient (Wildman–Crippen LogP) is 1.46. The van der Waals surface area contributed by atoms with Crippen molar-refractivity contribution in [1.82, 2.24) is 0 Å². The molecule has 0 unspecified atom stereocenters. The van der Waals surface area contributed by atoms with Crippen LogP contribution in [0.1, 0.15) is 27.7 Å². The molecule has 0 aliphatic carbocycles. The highest BCUT2D eigenvalue weighted by Gasteiger charge is 2.16. The molecule has 0 amide bonds. The maximum atomic E-state index is 5.49. The third-order valence-electron chi connectivity index (χ3n) is 1.49. The Labute approximate surface area is 98.0 Å². The maximum Gasteiger partial charge on any atom is 0.230 e. The summed E-state index contributed by atoms with van der Waals surface area (Å²) in [5, 5.41) is 0. The van der Waals surface area contributed by atoms with Crippen LogP contribution in [-0.2, 0) is 8.85 Å². The van der Waals surface area contributed by atoms with Gasteiger partial charge in [-0.1, -0.05) is 11.8 Å². The summed E-state index contributed by atoms with van der Waals surface area (Å²) >= 11 is 0. The van der Waals surface area contributed by atoms with Gasteiger partial charge in [-0.2, -0.15) is 0 Å². The topological polar surface area (TPSA) is 18.5 Å². The first-order valence-electron chi connectivity index (χ1n) is 4.60. The molecule has 80 valence electrons. The molecule has 0 aromatic heterocycles. The first kappa shape index (κ1) is 14.5. The molecular formula is C11H16O2Si2. The molecule has 15 heavy (non-hydrogen) atoms. The van der Waals surface area contributed by atoms with Crippen molar-refractivity contribution >= 4 is 19.5 Å². The van der Waals surface area contributed by atoms with Gasteiger partial charge in [0.1, 0.15) is 11.2 Å². The van der Waals surface area contributed by atoms with Crippen LogP contribution in [0.5, 0.6) is 0 Å². The Kier molecular flexibility index (Phi) is 5.93. The van der Waals surface area contributed by atoms with E-state index in [4.69, 9.17) is 21.7 Å². The molecule has 0 fully saturated rings. The van der Waals surface area contributed by atoms with Crippen molar-refractivity contribution < 1.29 is 8.85 Å². The average molecular weight is 236 g/mol. The molecule has 0 heterocycles. The van der Waals surface area contributed by atoms with Gasteiger partial charge in [-0.3, -0.25) is 0 Å². The minimum absolute atomic E-state index is 0.354. The molecule has 0 rings (SSSR count). The van der Waals surface area contributed by atoms with E-state index in [1.54, 1.807) is 0 Å². The van der Waals surface area contributed by atoms with Crippen LogP contribution in [0.4, 0.5) is 0 Å². The van der Waals surface area contributed by atoms with Gasteiger partial charge >= 0.3 is 0 Å². The second kappa shape index (κ2) is 6.14. The van der Waals surface area contributed by atoms with Crippen molar-refractivity contribution in [3.63, 3.8) is 0 Å². The first-order valence-corrected chi connectivity index (χ1v) is 6.83. The molecular weight excluding hydrogens is 220 g/mol. The minimum Gasteiger partial charge on any atom is -0.402 e. The summed E-state index contributed by atoms with van der Waals surface area (Å²) in [4.78, 5) is 0. The fourth-order valence-corrected chi connectivity index (χ4v) is 2.17. The first-order chi connectivity index (χ1) is 6.83. The Morgan fingerprint density at radius 2 is 1.27 bits per heavy atom. The zero-order valence-electron chi connectivity index (χ0n) is 9.68. The standard InChI is InChI=1S/C11H16O2Si2/c1-7-10(3,4)12-14-9-15-13-11(5,6)8-2/h1-2H,9H2,3-6H3. The summed E-state index contributed by atoms with van der Waals surface area (Å²) in [6, 6.07) is 0. The molecule has 0 spiro atoms. The van der Waals surface area contributed by atoms with Crippen molar-refractivity contribution in [3.8, 4) is 24.7 Å². The molecule has 0 aromatic carbocycles. The monoisotopic (exact) mass is 236 g/mol. The number of terminal acetylenes is 2. The molecule has 0 saturated carbocycles. The molecule has 0 aromatic rings. The second-order valence-electron chi connectivity index (χ2n) is 3.98. The Bertz CT molecular complexity index is 243. The normalized spacial score (nSPS) is 11.9. The Balaban J connectivity index is 3.59. The van der Waals surface area contributed by atoms with Gasteiger partial charge in [0.2, 0.25) is 19.5 Å². The maximum absolute atomic E-state index is 5.49. The van der Waals surface area contributed by atoms with Crippen molar-refractivity contribution in [1.29, 1.82) is 0 Å². The van der Waals surface area contributed by atoms with E-state index in [1.165, 1.54) is 0 Å². The van der Waals surface area contributed by atoms with Crippen molar-refractivity contribution in [2.24, 2.45) is 0 Å². The van der Waals surface area contributed by atoms with Crippen LogP contribution in [0.2, 0.25) is 5.67 Å².